The molecule has 0 atom stereocenters. The fraction of sp³-hybridized carbons (Fsp3) is 0.520. The highest BCUT2D eigenvalue weighted by Crippen LogP contribution is 2.24. The van der Waals surface area contributed by atoms with E-state index in [-0.39, 0.29) is 0 Å². The molecule has 31 heavy (non-hydrogen) atoms. The van der Waals surface area contributed by atoms with E-state index in [1.165, 1.54) is 36.6 Å². The first-order chi connectivity index (χ1) is 15.0. The minimum absolute atomic E-state index is 0.622. The van der Waals surface area contributed by atoms with Gasteiger partial charge in [0.05, 0.1) is 12.3 Å². The zero-order chi connectivity index (χ0) is 22.6. The monoisotopic (exact) mass is 427 g/mol. The van der Waals surface area contributed by atoms with Gasteiger partial charge in [0.25, 0.3) is 0 Å². The summed E-state index contributed by atoms with van der Waals surface area (Å²) in [4.78, 5) is 4.83. The lowest BCUT2D eigenvalue weighted by molar-refractivity contribution is 0.213. The van der Waals surface area contributed by atoms with Crippen LogP contribution in [0, 0.1) is 13.8 Å². The van der Waals surface area contributed by atoms with Crippen LogP contribution in [0.25, 0.3) is 0 Å². The first kappa shape index (κ1) is 24.5. The molecule has 6 heteroatoms. The Balaban J connectivity index is 1.70. The quantitative estimate of drug-likeness (QED) is 0.182. The Morgan fingerprint density at radius 3 is 2.45 bits per heavy atom. The SMILES string of the molecule is C/C=C/COc1cc(C)c(CCCCCCOc2cc(/C(C)=N/OC)n(C)n2)c(C)c1. The molecule has 0 aliphatic heterocycles. The van der Waals surface area contributed by atoms with Gasteiger partial charge in [0, 0.05) is 13.1 Å². The van der Waals surface area contributed by atoms with Gasteiger partial charge in [-0.15, -0.1) is 5.10 Å². The van der Waals surface area contributed by atoms with E-state index in [0.717, 1.165) is 36.4 Å². The van der Waals surface area contributed by atoms with Gasteiger partial charge in [0.1, 0.15) is 25.2 Å². The number of unbranched alkanes of at least 4 members (excludes halogenated alkanes) is 3. The maximum absolute atomic E-state index is 5.81. The van der Waals surface area contributed by atoms with Crippen LogP contribution in [0.2, 0.25) is 0 Å². The van der Waals surface area contributed by atoms with Gasteiger partial charge >= 0.3 is 0 Å². The van der Waals surface area contributed by atoms with Gasteiger partial charge in [0.15, 0.2) is 0 Å². The van der Waals surface area contributed by atoms with Gasteiger partial charge in [-0.25, -0.2) is 0 Å². The number of hydrogen-bond donors (Lipinski definition) is 0. The van der Waals surface area contributed by atoms with E-state index in [1.807, 2.05) is 39.1 Å². The molecule has 0 aliphatic rings. The minimum atomic E-state index is 0.622. The van der Waals surface area contributed by atoms with Gasteiger partial charge in [0.2, 0.25) is 5.88 Å². The second kappa shape index (κ2) is 12.8. The topological polar surface area (TPSA) is 57.9 Å². The Hall–Kier alpha value is -2.76. The summed E-state index contributed by atoms with van der Waals surface area (Å²) in [5, 5.41) is 8.33. The molecule has 0 unspecified atom stereocenters. The normalized spacial score (nSPS) is 11.9. The molecule has 2 rings (SSSR count). The lowest BCUT2D eigenvalue weighted by atomic mass is 9.97. The van der Waals surface area contributed by atoms with E-state index in [4.69, 9.17) is 14.3 Å². The van der Waals surface area contributed by atoms with E-state index < -0.39 is 0 Å². The predicted octanol–water partition coefficient (Wildman–Crippen LogP) is 5.54. The molecule has 0 N–H and O–H groups in total. The van der Waals surface area contributed by atoms with Crippen molar-refractivity contribution in [2.24, 2.45) is 12.2 Å². The summed E-state index contributed by atoms with van der Waals surface area (Å²) in [6, 6.07) is 6.20. The molecule has 170 valence electrons. The number of nitrogens with zero attached hydrogens (tertiary/aromatic N) is 3. The fourth-order valence-electron chi connectivity index (χ4n) is 3.64. The molecule has 0 saturated carbocycles. The van der Waals surface area contributed by atoms with E-state index in [2.05, 4.69) is 36.2 Å². The number of hydrogen-bond acceptors (Lipinski definition) is 5. The molecule has 0 aliphatic carbocycles. The number of rotatable bonds is 13. The average Bonchev–Trinajstić information content (AvgIpc) is 3.10. The number of oxime groups is 1. The molecule has 0 amide bonds. The molecule has 0 fully saturated rings. The largest absolute Gasteiger partial charge is 0.490 e. The summed E-state index contributed by atoms with van der Waals surface area (Å²) >= 11 is 0. The molecule has 0 saturated heterocycles. The molecular formula is C25H37N3O3. The third-order valence-electron chi connectivity index (χ3n) is 5.28. The third kappa shape index (κ3) is 7.78. The Morgan fingerprint density at radius 2 is 1.77 bits per heavy atom. The average molecular weight is 428 g/mol. The van der Waals surface area contributed by atoms with Crippen LogP contribution in [0.5, 0.6) is 11.6 Å². The van der Waals surface area contributed by atoms with Crippen molar-refractivity contribution in [3.8, 4) is 11.6 Å². The highest BCUT2D eigenvalue weighted by atomic mass is 16.6. The first-order valence-electron chi connectivity index (χ1n) is 11.0. The van der Waals surface area contributed by atoms with Crippen molar-refractivity contribution < 1.29 is 14.3 Å². The zero-order valence-corrected chi connectivity index (χ0v) is 19.9. The highest BCUT2D eigenvalue weighted by Gasteiger charge is 2.09. The Labute approximate surface area is 186 Å². The molecular weight excluding hydrogens is 390 g/mol. The smallest absolute Gasteiger partial charge is 0.233 e. The maximum Gasteiger partial charge on any atom is 0.233 e. The molecule has 6 nitrogen and oxygen atoms in total. The molecule has 1 aromatic heterocycles. The number of ether oxygens (including phenoxy) is 2. The molecule has 1 heterocycles. The van der Waals surface area contributed by atoms with Gasteiger partial charge < -0.3 is 14.3 Å². The zero-order valence-electron chi connectivity index (χ0n) is 19.9. The van der Waals surface area contributed by atoms with E-state index in [0.29, 0.717) is 19.1 Å². The first-order valence-corrected chi connectivity index (χ1v) is 11.0. The van der Waals surface area contributed by atoms with Crippen molar-refractivity contribution in [1.29, 1.82) is 0 Å². The maximum atomic E-state index is 5.81. The van der Waals surface area contributed by atoms with Crippen LogP contribution in [0.15, 0.2) is 35.5 Å². The van der Waals surface area contributed by atoms with Crippen molar-refractivity contribution in [1.82, 2.24) is 9.78 Å². The Morgan fingerprint density at radius 1 is 1.06 bits per heavy atom. The van der Waals surface area contributed by atoms with E-state index in [1.54, 1.807) is 4.68 Å². The van der Waals surface area contributed by atoms with Gasteiger partial charge in [-0.2, -0.15) is 0 Å². The Bertz CT molecular complexity index is 861. The summed E-state index contributed by atoms with van der Waals surface area (Å²) in [5.74, 6) is 1.58. The molecule has 1 aromatic carbocycles. The van der Waals surface area contributed by atoms with Crippen LogP contribution in [0.3, 0.4) is 0 Å². The lowest BCUT2D eigenvalue weighted by Crippen LogP contribution is -2.04. The molecule has 2 aromatic rings. The molecule has 0 bridgehead atoms. The van der Waals surface area contributed by atoms with Gasteiger partial charge in [-0.1, -0.05) is 30.1 Å². The highest BCUT2D eigenvalue weighted by molar-refractivity contribution is 5.97. The lowest BCUT2D eigenvalue weighted by Gasteiger charge is -2.13. The summed E-state index contributed by atoms with van der Waals surface area (Å²) < 4.78 is 13.3. The van der Waals surface area contributed by atoms with Crippen molar-refractivity contribution in [2.75, 3.05) is 20.3 Å². The van der Waals surface area contributed by atoms with Crippen LogP contribution in [0.1, 0.15) is 61.9 Å². The second-order valence-electron chi connectivity index (χ2n) is 7.78. The van der Waals surface area contributed by atoms with Crippen LogP contribution >= 0.6 is 0 Å². The number of benzene rings is 1. The third-order valence-corrected chi connectivity index (χ3v) is 5.28. The van der Waals surface area contributed by atoms with Crippen molar-refractivity contribution in [3.63, 3.8) is 0 Å². The van der Waals surface area contributed by atoms with Crippen molar-refractivity contribution in [3.05, 3.63) is 52.7 Å². The van der Waals surface area contributed by atoms with Crippen LogP contribution in [-0.2, 0) is 18.3 Å². The fourth-order valence-corrected chi connectivity index (χ4v) is 3.64. The van der Waals surface area contributed by atoms with Gasteiger partial charge in [-0.05, 0) is 75.8 Å². The second-order valence-corrected chi connectivity index (χ2v) is 7.78. The van der Waals surface area contributed by atoms with Crippen molar-refractivity contribution in [2.45, 2.75) is 59.8 Å². The number of aryl methyl sites for hydroxylation is 3. The Kier molecular flexibility index (Phi) is 10.1. The summed E-state index contributed by atoms with van der Waals surface area (Å²) in [6.07, 6.45) is 9.67. The number of aromatic nitrogens is 2. The van der Waals surface area contributed by atoms with Crippen molar-refractivity contribution >= 4 is 5.71 Å². The standard InChI is InChI=1S/C25H37N3O3/c1-7-8-14-30-22-16-19(2)23(20(3)17-22)13-11-9-10-12-15-31-25-18-24(28(5)26-25)21(4)27-29-6/h7-8,16-18H,9-15H2,1-6H3/b8-7+,27-21+. The minimum Gasteiger partial charge on any atom is -0.490 e. The summed E-state index contributed by atoms with van der Waals surface area (Å²) in [7, 11) is 3.41. The molecule has 0 spiro atoms. The summed E-state index contributed by atoms with van der Waals surface area (Å²) in [5.41, 5.74) is 5.74. The van der Waals surface area contributed by atoms with Gasteiger partial charge in [-0.3, -0.25) is 4.68 Å². The van der Waals surface area contributed by atoms with Crippen LogP contribution in [-0.4, -0.2) is 35.8 Å². The molecule has 0 radical (unpaired) electrons. The van der Waals surface area contributed by atoms with E-state index >= 15 is 0 Å². The van der Waals surface area contributed by atoms with E-state index in [9.17, 15) is 0 Å². The summed E-state index contributed by atoms with van der Waals surface area (Å²) in [6.45, 7) is 9.55. The van der Waals surface area contributed by atoms with Crippen LogP contribution < -0.4 is 9.47 Å². The predicted molar refractivity (Wildman–Crippen MR) is 126 cm³/mol. The van der Waals surface area contributed by atoms with Crippen LogP contribution in [0.4, 0.5) is 0 Å². The number of allylic oxidation sites excluding steroid dienone is 1.